The minimum atomic E-state index is -0.766. The van der Waals surface area contributed by atoms with Crippen LogP contribution < -0.4 is 14.0 Å². The highest BCUT2D eigenvalue weighted by atomic mass is 32.1. The molecule has 3 aromatic rings. The number of aryl methyl sites for hydroxylation is 3. The quantitative estimate of drug-likeness (QED) is 0.358. The summed E-state index contributed by atoms with van der Waals surface area (Å²) in [5.41, 5.74) is 1.28. The molecule has 1 unspecified atom stereocenters. The van der Waals surface area contributed by atoms with Gasteiger partial charge in [0.2, 0.25) is 12.1 Å². The fourth-order valence-corrected chi connectivity index (χ4v) is 5.11. The molecule has 1 aromatic carbocycles. The monoisotopic (exact) mass is 483 g/mol. The number of nitrogens with zero attached hydrogens (tertiary/aromatic N) is 3. The molecule has 4 rings (SSSR count). The maximum Gasteiger partial charge on any atom is 0.290 e. The molecule has 3 heterocycles. The van der Waals surface area contributed by atoms with Crippen LogP contribution in [0.15, 0.2) is 48.3 Å². The fourth-order valence-electron chi connectivity index (χ4n) is 4.23. The summed E-state index contributed by atoms with van der Waals surface area (Å²) in [6, 6.07) is 4.48. The van der Waals surface area contributed by atoms with E-state index in [9.17, 15) is 14.7 Å². The van der Waals surface area contributed by atoms with Gasteiger partial charge in [-0.05, 0) is 31.5 Å². The van der Waals surface area contributed by atoms with Crippen LogP contribution in [0.3, 0.4) is 0 Å². The molecule has 1 atom stereocenters. The third kappa shape index (κ3) is 4.28. The SMILES string of the molecule is COc1ccc(C2C(C(=O)c3sc(C)nc3C)=C(O)C(=O)N2CCC[n+]2cc[nH]c2)cc1OC. The Morgan fingerprint density at radius 1 is 1.26 bits per heavy atom. The predicted molar refractivity (Wildman–Crippen MR) is 125 cm³/mol. The Labute approximate surface area is 201 Å². The number of thiazole rings is 1. The van der Waals surface area contributed by atoms with E-state index in [2.05, 4.69) is 9.97 Å². The number of aromatic amines is 1. The highest BCUT2D eigenvalue weighted by molar-refractivity contribution is 7.14. The zero-order valence-electron chi connectivity index (χ0n) is 19.5. The molecule has 2 aromatic heterocycles. The number of Topliss-reactive ketones (excluding diaryl/α,β-unsaturated/α-hetero) is 1. The van der Waals surface area contributed by atoms with Crippen molar-refractivity contribution in [3.8, 4) is 11.5 Å². The number of hydrogen-bond acceptors (Lipinski definition) is 7. The van der Waals surface area contributed by atoms with Crippen LogP contribution in [0.1, 0.15) is 38.4 Å². The molecule has 0 saturated carbocycles. The van der Waals surface area contributed by atoms with Gasteiger partial charge in [0.25, 0.3) is 5.91 Å². The van der Waals surface area contributed by atoms with Crippen molar-refractivity contribution in [2.75, 3.05) is 20.8 Å². The molecular weight excluding hydrogens is 456 g/mol. The number of ether oxygens (including phenoxy) is 2. The van der Waals surface area contributed by atoms with Crippen LogP contribution in [0.5, 0.6) is 11.5 Å². The number of benzene rings is 1. The van der Waals surface area contributed by atoms with Crippen molar-refractivity contribution < 1.29 is 28.7 Å². The summed E-state index contributed by atoms with van der Waals surface area (Å²) < 4.78 is 12.8. The first-order valence-electron chi connectivity index (χ1n) is 10.8. The van der Waals surface area contributed by atoms with E-state index in [-0.39, 0.29) is 5.57 Å². The third-order valence-corrected chi connectivity index (χ3v) is 6.87. The van der Waals surface area contributed by atoms with Crippen LogP contribution in [-0.4, -0.2) is 52.4 Å². The van der Waals surface area contributed by atoms with Crippen molar-refractivity contribution in [1.29, 1.82) is 0 Å². The first-order valence-corrected chi connectivity index (χ1v) is 11.6. The maximum atomic E-state index is 13.6. The number of ketones is 1. The Hall–Kier alpha value is -3.66. The molecule has 0 spiro atoms. The summed E-state index contributed by atoms with van der Waals surface area (Å²) in [5.74, 6) is -0.485. The van der Waals surface area contributed by atoms with Gasteiger partial charge in [0.15, 0.2) is 17.3 Å². The maximum absolute atomic E-state index is 13.6. The Morgan fingerprint density at radius 2 is 2.03 bits per heavy atom. The summed E-state index contributed by atoms with van der Waals surface area (Å²) in [6.07, 6.45) is 6.18. The first kappa shape index (κ1) is 23.5. The van der Waals surface area contributed by atoms with Crippen molar-refractivity contribution in [2.45, 2.75) is 32.9 Å². The standard InChI is InChI=1S/C24H26N4O5S/c1-14-23(34-15(2)26-14)21(29)19-20(16-6-7-17(32-3)18(12-16)33-4)28(24(31)22(19)30)10-5-9-27-11-8-25-13-27/h6-8,11-13,20H,5,9-10H2,1-4H3,(H,29,30)/p+1. The molecule has 0 saturated heterocycles. The number of carbonyl (C=O) groups is 2. The van der Waals surface area contributed by atoms with Gasteiger partial charge < -0.3 is 19.5 Å². The van der Waals surface area contributed by atoms with Crippen LogP contribution in [0.4, 0.5) is 0 Å². The largest absolute Gasteiger partial charge is 0.503 e. The average molecular weight is 484 g/mol. The van der Waals surface area contributed by atoms with Gasteiger partial charge in [-0.3, -0.25) is 14.6 Å². The Kier molecular flexibility index (Phi) is 6.69. The highest BCUT2D eigenvalue weighted by Crippen LogP contribution is 2.42. The van der Waals surface area contributed by atoms with E-state index in [1.165, 1.54) is 25.6 Å². The minimum absolute atomic E-state index is 0.0540. The number of aliphatic hydroxyl groups is 1. The number of aromatic nitrogens is 3. The molecule has 2 N–H and O–H groups in total. The van der Waals surface area contributed by atoms with E-state index in [1.807, 2.05) is 30.2 Å². The lowest BCUT2D eigenvalue weighted by molar-refractivity contribution is -0.695. The van der Waals surface area contributed by atoms with Gasteiger partial charge in [0, 0.05) is 13.0 Å². The number of amides is 1. The van der Waals surface area contributed by atoms with Gasteiger partial charge in [-0.2, -0.15) is 0 Å². The normalized spacial score (nSPS) is 15.8. The van der Waals surface area contributed by atoms with E-state index in [0.29, 0.717) is 47.1 Å². The fraction of sp³-hybridized carbons (Fsp3) is 0.333. The molecule has 0 aliphatic carbocycles. The lowest BCUT2D eigenvalue weighted by atomic mass is 9.94. The lowest BCUT2D eigenvalue weighted by Crippen LogP contribution is -2.36. The number of methoxy groups -OCH3 is 2. The van der Waals surface area contributed by atoms with Crippen LogP contribution in [-0.2, 0) is 11.3 Å². The van der Waals surface area contributed by atoms with Gasteiger partial charge in [-0.1, -0.05) is 6.07 Å². The molecule has 178 valence electrons. The zero-order valence-corrected chi connectivity index (χ0v) is 20.3. The van der Waals surface area contributed by atoms with E-state index >= 15 is 0 Å². The summed E-state index contributed by atoms with van der Waals surface area (Å²) >= 11 is 1.25. The number of hydrogen-bond donors (Lipinski definition) is 2. The average Bonchev–Trinajstić information content (AvgIpc) is 3.53. The van der Waals surface area contributed by atoms with E-state index < -0.39 is 23.5 Å². The molecule has 1 aliphatic heterocycles. The number of aliphatic hydroxyl groups excluding tert-OH is 1. The van der Waals surface area contributed by atoms with Crippen molar-refractivity contribution in [2.24, 2.45) is 0 Å². The molecule has 0 radical (unpaired) electrons. The lowest BCUT2D eigenvalue weighted by Gasteiger charge is -2.27. The summed E-state index contributed by atoms with van der Waals surface area (Å²) in [5, 5.41) is 11.6. The highest BCUT2D eigenvalue weighted by Gasteiger charge is 2.44. The molecule has 1 aliphatic rings. The minimum Gasteiger partial charge on any atom is -0.503 e. The van der Waals surface area contributed by atoms with Gasteiger partial charge in [-0.25, -0.2) is 9.55 Å². The third-order valence-electron chi connectivity index (χ3n) is 5.80. The van der Waals surface area contributed by atoms with Crippen LogP contribution in [0, 0.1) is 13.8 Å². The number of carbonyl (C=O) groups excluding carboxylic acids is 2. The smallest absolute Gasteiger partial charge is 0.290 e. The Morgan fingerprint density at radius 3 is 2.65 bits per heavy atom. The van der Waals surface area contributed by atoms with Crippen LogP contribution in [0.25, 0.3) is 0 Å². The molecule has 9 nitrogen and oxygen atoms in total. The number of imidazole rings is 1. The van der Waals surface area contributed by atoms with Gasteiger partial charge in [-0.15, -0.1) is 11.3 Å². The second-order valence-electron chi connectivity index (χ2n) is 7.96. The zero-order chi connectivity index (χ0) is 24.4. The van der Waals surface area contributed by atoms with E-state index in [4.69, 9.17) is 9.47 Å². The summed E-state index contributed by atoms with van der Waals surface area (Å²) in [7, 11) is 3.06. The van der Waals surface area contributed by atoms with Crippen molar-refractivity contribution in [1.82, 2.24) is 14.9 Å². The molecule has 1 amide bonds. The second kappa shape index (κ2) is 9.68. The Balaban J connectivity index is 1.74. The topological polar surface area (TPSA) is 109 Å². The van der Waals surface area contributed by atoms with Crippen LogP contribution in [0.2, 0.25) is 0 Å². The summed E-state index contributed by atoms with van der Waals surface area (Å²) in [6.45, 7) is 4.59. The number of nitrogens with one attached hydrogen (secondary N) is 1. The molecule has 0 bridgehead atoms. The van der Waals surface area contributed by atoms with Crippen molar-refractivity contribution in [3.05, 3.63) is 69.4 Å². The number of rotatable bonds is 9. The van der Waals surface area contributed by atoms with Gasteiger partial charge >= 0.3 is 0 Å². The Bertz CT molecular complexity index is 1250. The first-order chi connectivity index (χ1) is 16.3. The van der Waals surface area contributed by atoms with Crippen LogP contribution >= 0.6 is 11.3 Å². The molecule has 10 heteroatoms. The number of H-pyrrole nitrogens is 1. The molecule has 0 fully saturated rings. The van der Waals surface area contributed by atoms with E-state index in [1.54, 1.807) is 30.0 Å². The molecule has 34 heavy (non-hydrogen) atoms. The van der Waals surface area contributed by atoms with Crippen molar-refractivity contribution in [3.63, 3.8) is 0 Å². The van der Waals surface area contributed by atoms with E-state index in [0.717, 1.165) is 5.01 Å². The van der Waals surface area contributed by atoms with Gasteiger partial charge in [0.1, 0.15) is 12.4 Å². The summed E-state index contributed by atoms with van der Waals surface area (Å²) in [4.78, 5) is 36.1. The van der Waals surface area contributed by atoms with Gasteiger partial charge in [0.05, 0.1) is 48.0 Å². The molecular formula is C24H27N4O5S+. The second-order valence-corrected chi connectivity index (χ2v) is 9.16. The predicted octanol–water partition coefficient (Wildman–Crippen LogP) is 3.06. The van der Waals surface area contributed by atoms with Crippen molar-refractivity contribution >= 4 is 23.0 Å².